The van der Waals surface area contributed by atoms with E-state index in [0.29, 0.717) is 5.88 Å². The van der Waals surface area contributed by atoms with Crippen LogP contribution in [0.2, 0.25) is 0 Å². The predicted molar refractivity (Wildman–Crippen MR) is 122 cm³/mol. The number of benzene rings is 1. The molecule has 0 radical (unpaired) electrons. The van der Waals surface area contributed by atoms with Gasteiger partial charge in [-0.15, -0.1) is 11.8 Å². The third kappa shape index (κ3) is 4.83. The number of rotatable bonds is 6. The van der Waals surface area contributed by atoms with Crippen molar-refractivity contribution in [3.8, 4) is 11.3 Å². The number of H-pyrrole nitrogens is 1. The van der Waals surface area contributed by atoms with Crippen molar-refractivity contribution < 1.29 is 14.3 Å². The Labute approximate surface area is 189 Å². The van der Waals surface area contributed by atoms with Crippen LogP contribution in [0.4, 0.5) is 4.79 Å². The molecule has 0 aliphatic carbocycles. The molecule has 1 fully saturated rings. The van der Waals surface area contributed by atoms with Gasteiger partial charge in [0, 0.05) is 9.22 Å². The van der Waals surface area contributed by atoms with Crippen LogP contribution in [0.5, 0.6) is 0 Å². The summed E-state index contributed by atoms with van der Waals surface area (Å²) < 4.78 is 5.75. The number of nitrogens with two attached hydrogens (primary N) is 1. The monoisotopic (exact) mass is 494 g/mol. The number of nitrogens with zero attached hydrogens (tertiary/aromatic N) is 2. The van der Waals surface area contributed by atoms with E-state index in [1.807, 2.05) is 43.0 Å². The summed E-state index contributed by atoms with van der Waals surface area (Å²) in [6.07, 6.45) is 0.933. The molecule has 30 heavy (non-hydrogen) atoms. The number of nitrogens with one attached hydrogen (secondary N) is 1. The minimum Gasteiger partial charge on any atom is -0.449 e. The number of amides is 2. The average Bonchev–Trinajstić information content (AvgIpc) is 3.25. The average molecular weight is 495 g/mol. The van der Waals surface area contributed by atoms with Crippen molar-refractivity contribution in [3.05, 3.63) is 40.8 Å². The Bertz CT molecular complexity index is 913. The number of primary amides is 1. The summed E-state index contributed by atoms with van der Waals surface area (Å²) in [5.74, 6) is 0.770. The summed E-state index contributed by atoms with van der Waals surface area (Å²) in [5, 5.41) is 0. The number of imidazole rings is 1. The van der Waals surface area contributed by atoms with Gasteiger partial charge in [-0.05, 0) is 37.5 Å². The maximum absolute atomic E-state index is 13.4. The fourth-order valence-corrected chi connectivity index (χ4v) is 5.03. The minimum atomic E-state index is -0.869. The minimum absolute atomic E-state index is 0.00106. The van der Waals surface area contributed by atoms with Gasteiger partial charge in [0.15, 0.2) is 0 Å². The van der Waals surface area contributed by atoms with Crippen LogP contribution in [0.15, 0.2) is 34.9 Å². The number of aromatic amines is 1. The highest BCUT2D eigenvalue weighted by Crippen LogP contribution is 2.48. The number of hydrogen-bond donors (Lipinski definition) is 2. The second kappa shape index (κ2) is 9.01. The maximum Gasteiger partial charge on any atom is 0.404 e. The lowest BCUT2D eigenvalue weighted by Gasteiger charge is -2.33. The van der Waals surface area contributed by atoms with Gasteiger partial charge in [-0.25, -0.2) is 9.78 Å². The summed E-state index contributed by atoms with van der Waals surface area (Å²) in [7, 11) is 0. The zero-order chi connectivity index (χ0) is 22.1. The van der Waals surface area contributed by atoms with E-state index in [1.165, 1.54) is 0 Å². The Kier molecular flexibility index (Phi) is 6.81. The molecule has 2 unspecified atom stereocenters. The van der Waals surface area contributed by atoms with E-state index < -0.39 is 12.0 Å². The first kappa shape index (κ1) is 22.7. The molecule has 1 aliphatic rings. The van der Waals surface area contributed by atoms with Gasteiger partial charge in [-0.3, -0.25) is 4.79 Å². The van der Waals surface area contributed by atoms with Gasteiger partial charge >= 0.3 is 6.09 Å². The number of carbonyl (C=O) groups is 2. The lowest BCUT2D eigenvalue weighted by atomic mass is 9.93. The van der Waals surface area contributed by atoms with Gasteiger partial charge in [0.05, 0.1) is 23.7 Å². The number of thioether (sulfide) groups is 1. The normalized spacial score (nSPS) is 19.1. The van der Waals surface area contributed by atoms with E-state index in [-0.39, 0.29) is 29.2 Å². The van der Waals surface area contributed by atoms with Gasteiger partial charge in [0.1, 0.15) is 18.5 Å². The molecular formula is C21H27BrN4O3S. The number of ether oxygens (including phenoxy) is 1. The molecule has 1 saturated heterocycles. The molecule has 3 N–H and O–H groups in total. The van der Waals surface area contributed by atoms with Crippen LogP contribution in [-0.4, -0.2) is 44.1 Å². The zero-order valence-corrected chi connectivity index (χ0v) is 19.9. The molecule has 0 saturated carbocycles. The molecule has 7 nitrogen and oxygen atoms in total. The molecule has 2 atom stereocenters. The van der Waals surface area contributed by atoms with Crippen molar-refractivity contribution in [2.75, 3.05) is 12.5 Å². The fourth-order valence-electron chi connectivity index (χ4n) is 3.62. The van der Waals surface area contributed by atoms with E-state index in [9.17, 15) is 9.59 Å². The van der Waals surface area contributed by atoms with Gasteiger partial charge in [-0.2, -0.15) is 0 Å². The van der Waals surface area contributed by atoms with Crippen LogP contribution in [0.3, 0.4) is 0 Å². The molecule has 1 aromatic heterocycles. The van der Waals surface area contributed by atoms with Gasteiger partial charge < -0.3 is 20.4 Å². The third-order valence-electron chi connectivity index (χ3n) is 5.37. The molecule has 3 rings (SSSR count). The Morgan fingerprint density at radius 3 is 2.63 bits per heavy atom. The first-order valence-corrected chi connectivity index (χ1v) is 11.6. The summed E-state index contributed by atoms with van der Waals surface area (Å²) >= 11 is 5.16. The van der Waals surface area contributed by atoms with E-state index >= 15 is 0 Å². The molecule has 1 aliphatic heterocycles. The van der Waals surface area contributed by atoms with Crippen LogP contribution < -0.4 is 5.73 Å². The molecule has 2 heterocycles. The van der Waals surface area contributed by atoms with E-state index in [2.05, 4.69) is 39.7 Å². The Hall–Kier alpha value is -2.00. The van der Waals surface area contributed by atoms with Gasteiger partial charge in [-0.1, -0.05) is 41.9 Å². The Morgan fingerprint density at radius 2 is 2.03 bits per heavy atom. The number of aromatic nitrogens is 2. The first-order valence-electron chi connectivity index (χ1n) is 9.77. The molecule has 2 amide bonds. The van der Waals surface area contributed by atoms with Crippen LogP contribution >= 0.6 is 27.7 Å². The first-order chi connectivity index (χ1) is 14.1. The van der Waals surface area contributed by atoms with Crippen LogP contribution in [0.1, 0.15) is 39.6 Å². The van der Waals surface area contributed by atoms with E-state index in [4.69, 9.17) is 10.5 Å². The summed E-state index contributed by atoms with van der Waals surface area (Å²) in [4.78, 5) is 34.4. The van der Waals surface area contributed by atoms with Crippen molar-refractivity contribution in [2.24, 2.45) is 17.6 Å². The smallest absolute Gasteiger partial charge is 0.404 e. The molecule has 2 aromatic rings. The second-order valence-corrected chi connectivity index (χ2v) is 10.8. The predicted octanol–water partition coefficient (Wildman–Crippen LogP) is 4.56. The standard InChI is InChI=1S/C21H27BrN4O3S/c1-12(2)15(10-29-20(23)28)19(27)26-11-30-21(3,4)17(26)18-24-9-16(25-18)13-5-7-14(22)8-6-13/h5-9,12,15,17H,10-11H2,1-4H3,(H2,23,28)(H,24,25). The van der Waals surface area contributed by atoms with Crippen LogP contribution in [-0.2, 0) is 9.53 Å². The van der Waals surface area contributed by atoms with Gasteiger partial charge in [0.25, 0.3) is 0 Å². The zero-order valence-electron chi connectivity index (χ0n) is 17.5. The van der Waals surface area contributed by atoms with Crippen molar-refractivity contribution in [3.63, 3.8) is 0 Å². The fraction of sp³-hybridized carbons (Fsp3) is 0.476. The van der Waals surface area contributed by atoms with Crippen molar-refractivity contribution in [2.45, 2.75) is 38.5 Å². The highest BCUT2D eigenvalue weighted by Gasteiger charge is 2.47. The SMILES string of the molecule is CC(C)C(COC(N)=O)C(=O)N1CSC(C)(C)C1c1ncc(-c2ccc(Br)cc2)[nH]1. The van der Waals surface area contributed by atoms with Crippen molar-refractivity contribution in [1.82, 2.24) is 14.9 Å². The quantitative estimate of drug-likeness (QED) is 0.612. The van der Waals surface area contributed by atoms with E-state index in [0.717, 1.165) is 21.6 Å². The highest BCUT2D eigenvalue weighted by atomic mass is 79.9. The number of hydrogen-bond acceptors (Lipinski definition) is 5. The van der Waals surface area contributed by atoms with Crippen LogP contribution in [0, 0.1) is 11.8 Å². The summed E-state index contributed by atoms with van der Waals surface area (Å²) in [6.45, 7) is 8.08. The molecule has 9 heteroatoms. The number of halogens is 1. The maximum atomic E-state index is 13.4. The highest BCUT2D eigenvalue weighted by molar-refractivity contribution is 9.10. The topological polar surface area (TPSA) is 101 Å². The molecule has 1 aromatic carbocycles. The van der Waals surface area contributed by atoms with Gasteiger partial charge in [0.2, 0.25) is 5.91 Å². The van der Waals surface area contributed by atoms with Crippen molar-refractivity contribution in [1.29, 1.82) is 0 Å². The lowest BCUT2D eigenvalue weighted by molar-refractivity contribution is -0.140. The third-order valence-corrected chi connectivity index (χ3v) is 7.27. The lowest BCUT2D eigenvalue weighted by Crippen LogP contribution is -2.43. The largest absolute Gasteiger partial charge is 0.449 e. The molecular weight excluding hydrogens is 468 g/mol. The Morgan fingerprint density at radius 1 is 1.37 bits per heavy atom. The van der Waals surface area contributed by atoms with Crippen LogP contribution in [0.25, 0.3) is 11.3 Å². The second-order valence-electron chi connectivity index (χ2n) is 8.26. The van der Waals surface area contributed by atoms with Crippen molar-refractivity contribution >= 4 is 39.7 Å². The summed E-state index contributed by atoms with van der Waals surface area (Å²) in [6, 6.07) is 7.75. The number of carbonyl (C=O) groups excluding carboxylic acids is 2. The molecule has 0 spiro atoms. The summed E-state index contributed by atoms with van der Waals surface area (Å²) in [5.41, 5.74) is 7.03. The Balaban J connectivity index is 1.88. The van der Waals surface area contributed by atoms with E-state index in [1.54, 1.807) is 18.0 Å². The molecule has 162 valence electrons. The molecule has 0 bridgehead atoms.